The summed E-state index contributed by atoms with van der Waals surface area (Å²) in [6, 6.07) is 5.10. The smallest absolute Gasteiger partial charge is 0.299 e. The molecule has 0 saturated carbocycles. The van der Waals surface area contributed by atoms with E-state index in [0.717, 1.165) is 18.2 Å². The predicted octanol–water partition coefficient (Wildman–Crippen LogP) is 3.07. The molecule has 1 aromatic carbocycles. The number of nitrogens with zero attached hydrogens (tertiary/aromatic N) is 2. The van der Waals surface area contributed by atoms with Crippen LogP contribution in [0.4, 0.5) is 22.0 Å². The fraction of sp³-hybridized carbons (Fsp3) is 0.143. The van der Waals surface area contributed by atoms with Gasteiger partial charge in [-0.15, -0.1) is 0 Å². The number of alkyl halides is 3. The van der Waals surface area contributed by atoms with Crippen LogP contribution in [0.3, 0.4) is 0 Å². The summed E-state index contributed by atoms with van der Waals surface area (Å²) in [5, 5.41) is 8.73. The quantitative estimate of drug-likeness (QED) is 0.800. The summed E-state index contributed by atoms with van der Waals surface area (Å²) >= 11 is 0. The molecular weight excluding hydrogens is 307 g/mol. The van der Waals surface area contributed by atoms with Gasteiger partial charge < -0.3 is 0 Å². The van der Waals surface area contributed by atoms with Crippen molar-refractivity contribution in [1.29, 1.82) is 5.26 Å². The van der Waals surface area contributed by atoms with Crippen molar-refractivity contribution in [3.63, 3.8) is 0 Å². The minimum Gasteiger partial charge on any atom is -0.299 e. The Kier molecular flexibility index (Phi) is 3.99. The molecule has 0 bridgehead atoms. The molecule has 0 unspecified atom stereocenters. The summed E-state index contributed by atoms with van der Waals surface area (Å²) in [6.07, 6.45) is -4.86. The zero-order chi connectivity index (χ0) is 16.5. The molecule has 0 radical (unpaired) electrons. The van der Waals surface area contributed by atoms with Crippen LogP contribution in [-0.2, 0) is 12.7 Å². The Balaban J connectivity index is 2.63. The van der Waals surface area contributed by atoms with Crippen molar-refractivity contribution in [2.75, 3.05) is 0 Å². The highest BCUT2D eigenvalue weighted by molar-refractivity contribution is 5.30. The first-order valence-corrected chi connectivity index (χ1v) is 5.89. The van der Waals surface area contributed by atoms with Gasteiger partial charge >= 0.3 is 6.18 Å². The van der Waals surface area contributed by atoms with Crippen LogP contribution in [0.15, 0.2) is 35.1 Å². The highest BCUT2D eigenvalue weighted by atomic mass is 19.4. The van der Waals surface area contributed by atoms with Crippen LogP contribution in [0.1, 0.15) is 16.8 Å². The molecule has 22 heavy (non-hydrogen) atoms. The van der Waals surface area contributed by atoms with E-state index in [4.69, 9.17) is 5.26 Å². The number of benzene rings is 1. The van der Waals surface area contributed by atoms with E-state index in [-0.39, 0.29) is 10.1 Å². The van der Waals surface area contributed by atoms with Gasteiger partial charge in [-0.05, 0) is 18.2 Å². The molecule has 114 valence electrons. The summed E-state index contributed by atoms with van der Waals surface area (Å²) in [6.45, 7) is -0.769. The fourth-order valence-electron chi connectivity index (χ4n) is 1.89. The molecule has 8 heteroatoms. The average Bonchev–Trinajstić information content (AvgIpc) is 2.42. The second-order valence-corrected chi connectivity index (χ2v) is 4.37. The first-order valence-electron chi connectivity index (χ1n) is 5.89. The zero-order valence-electron chi connectivity index (χ0n) is 10.8. The lowest BCUT2D eigenvalue weighted by Gasteiger charge is -2.16. The van der Waals surface area contributed by atoms with Gasteiger partial charge in [0.1, 0.15) is 29.0 Å². The Bertz CT molecular complexity index is 817. The highest BCUT2D eigenvalue weighted by Gasteiger charge is 2.35. The van der Waals surface area contributed by atoms with Crippen LogP contribution < -0.4 is 5.56 Å². The van der Waals surface area contributed by atoms with E-state index < -0.39 is 41.2 Å². The topological polar surface area (TPSA) is 45.8 Å². The summed E-state index contributed by atoms with van der Waals surface area (Å²) in [4.78, 5) is 11.9. The van der Waals surface area contributed by atoms with Gasteiger partial charge in [0, 0.05) is 11.6 Å². The molecule has 0 saturated heterocycles. The van der Waals surface area contributed by atoms with Crippen LogP contribution in [-0.4, -0.2) is 4.57 Å². The monoisotopic (exact) mass is 314 g/mol. The van der Waals surface area contributed by atoms with Gasteiger partial charge in [-0.1, -0.05) is 6.07 Å². The van der Waals surface area contributed by atoms with E-state index in [1.807, 2.05) is 0 Å². The van der Waals surface area contributed by atoms with Crippen molar-refractivity contribution < 1.29 is 22.0 Å². The number of pyridine rings is 1. The van der Waals surface area contributed by atoms with Crippen LogP contribution in [0.2, 0.25) is 0 Å². The second kappa shape index (κ2) is 5.60. The fourth-order valence-corrected chi connectivity index (χ4v) is 1.89. The second-order valence-electron chi connectivity index (χ2n) is 4.37. The maximum absolute atomic E-state index is 13.6. The van der Waals surface area contributed by atoms with E-state index >= 15 is 0 Å². The third-order valence-corrected chi connectivity index (χ3v) is 2.93. The largest absolute Gasteiger partial charge is 0.431 e. The number of hydrogen-bond donors (Lipinski definition) is 0. The highest BCUT2D eigenvalue weighted by Crippen LogP contribution is 2.29. The molecule has 0 aliphatic rings. The molecule has 0 spiro atoms. The average molecular weight is 314 g/mol. The van der Waals surface area contributed by atoms with E-state index in [2.05, 4.69) is 0 Å². The lowest BCUT2D eigenvalue weighted by Crippen LogP contribution is -2.30. The molecule has 0 N–H and O–H groups in total. The van der Waals surface area contributed by atoms with Gasteiger partial charge in [0.05, 0.1) is 6.54 Å². The molecule has 0 aliphatic carbocycles. The molecule has 0 aliphatic heterocycles. The Morgan fingerprint density at radius 1 is 1.14 bits per heavy atom. The Hall–Kier alpha value is -2.69. The molecular formula is C14H7F5N2O. The number of rotatable bonds is 2. The van der Waals surface area contributed by atoms with Crippen molar-refractivity contribution in [2.24, 2.45) is 0 Å². The van der Waals surface area contributed by atoms with Gasteiger partial charge in [0.2, 0.25) is 0 Å². The van der Waals surface area contributed by atoms with Crippen LogP contribution in [0.25, 0.3) is 0 Å². The number of nitriles is 1. The summed E-state index contributed by atoms with van der Waals surface area (Å²) in [7, 11) is 0. The van der Waals surface area contributed by atoms with Crippen molar-refractivity contribution in [3.8, 4) is 6.07 Å². The Morgan fingerprint density at radius 3 is 2.36 bits per heavy atom. The zero-order valence-corrected chi connectivity index (χ0v) is 10.8. The lowest BCUT2D eigenvalue weighted by molar-refractivity contribution is -0.144. The van der Waals surface area contributed by atoms with Gasteiger partial charge in [-0.2, -0.15) is 18.4 Å². The van der Waals surface area contributed by atoms with Crippen molar-refractivity contribution in [2.45, 2.75) is 12.7 Å². The minimum atomic E-state index is -4.86. The first kappa shape index (κ1) is 15.7. The van der Waals surface area contributed by atoms with E-state index in [1.165, 1.54) is 6.07 Å². The maximum atomic E-state index is 13.6. The minimum absolute atomic E-state index is 0.245. The lowest BCUT2D eigenvalue weighted by atomic mass is 10.1. The van der Waals surface area contributed by atoms with E-state index in [0.29, 0.717) is 12.1 Å². The first-order chi connectivity index (χ1) is 10.2. The molecule has 0 amide bonds. The summed E-state index contributed by atoms with van der Waals surface area (Å²) < 4.78 is 65.4. The van der Waals surface area contributed by atoms with Crippen LogP contribution in [0.5, 0.6) is 0 Å². The van der Waals surface area contributed by atoms with Crippen molar-refractivity contribution in [1.82, 2.24) is 4.57 Å². The van der Waals surface area contributed by atoms with Gasteiger partial charge in [0.15, 0.2) is 0 Å². The van der Waals surface area contributed by atoms with E-state index in [1.54, 1.807) is 0 Å². The Labute approximate surface area is 120 Å². The third kappa shape index (κ3) is 2.98. The molecule has 1 aromatic heterocycles. The normalized spacial score (nSPS) is 11.3. The molecule has 2 aromatic rings. The number of hydrogen-bond acceptors (Lipinski definition) is 2. The standard InChI is InChI=1S/C14H7F5N2O/c15-10-3-1-9(11(16)5-10)7-21-12(14(17,18)19)4-2-8(6-20)13(21)22/h1-5H,7H2. The molecule has 0 atom stereocenters. The molecule has 0 fully saturated rings. The SMILES string of the molecule is N#Cc1ccc(C(F)(F)F)n(Cc2ccc(F)cc2F)c1=O. The molecule has 2 rings (SSSR count). The van der Waals surface area contributed by atoms with Gasteiger partial charge in [-0.25, -0.2) is 8.78 Å². The summed E-state index contributed by atoms with van der Waals surface area (Å²) in [5.41, 5.74) is -3.32. The van der Waals surface area contributed by atoms with Gasteiger partial charge in [-0.3, -0.25) is 9.36 Å². The Morgan fingerprint density at radius 2 is 1.82 bits per heavy atom. The third-order valence-electron chi connectivity index (χ3n) is 2.93. The number of halogens is 5. The van der Waals surface area contributed by atoms with Gasteiger partial charge in [0.25, 0.3) is 5.56 Å². The van der Waals surface area contributed by atoms with Crippen molar-refractivity contribution >= 4 is 0 Å². The predicted molar refractivity (Wildman–Crippen MR) is 65.9 cm³/mol. The molecule has 1 heterocycles. The van der Waals surface area contributed by atoms with Crippen LogP contribution in [0, 0.1) is 23.0 Å². The van der Waals surface area contributed by atoms with Crippen molar-refractivity contribution in [3.05, 3.63) is 69.1 Å². The van der Waals surface area contributed by atoms with Crippen LogP contribution >= 0.6 is 0 Å². The van der Waals surface area contributed by atoms with E-state index in [9.17, 15) is 26.7 Å². The maximum Gasteiger partial charge on any atom is 0.431 e. The summed E-state index contributed by atoms with van der Waals surface area (Å²) in [5.74, 6) is -1.97. The molecule has 3 nitrogen and oxygen atoms in total. The number of aromatic nitrogens is 1.